The Hall–Kier alpha value is -4.50. The van der Waals surface area contributed by atoms with Gasteiger partial charge in [0.25, 0.3) is 0 Å². The number of nitrogens with two attached hydrogens (primary N) is 4. The Morgan fingerprint density at radius 2 is 1.38 bits per heavy atom. The number of H-pyrrole nitrogens is 1. The van der Waals surface area contributed by atoms with Gasteiger partial charge in [-0.15, -0.1) is 0 Å². The topological polar surface area (TPSA) is 279 Å². The summed E-state index contributed by atoms with van der Waals surface area (Å²) in [6.45, 7) is 0.355. The van der Waals surface area contributed by atoms with Crippen LogP contribution in [0.3, 0.4) is 0 Å². The summed E-state index contributed by atoms with van der Waals surface area (Å²) < 4.78 is 0. The molecule has 15 heteroatoms. The van der Waals surface area contributed by atoms with Gasteiger partial charge in [0.2, 0.25) is 29.5 Å². The number of carbonyl (C=O) groups is 6. The molecule has 4 unspecified atom stereocenters. The first-order valence-electron chi connectivity index (χ1n) is 13.6. The summed E-state index contributed by atoms with van der Waals surface area (Å²) in [5, 5.41) is 18.0. The fourth-order valence-corrected chi connectivity index (χ4v) is 4.29. The van der Waals surface area contributed by atoms with Gasteiger partial charge in [-0.25, -0.2) is 4.79 Å². The van der Waals surface area contributed by atoms with E-state index >= 15 is 0 Å². The monoisotopic (exact) mass is 588 g/mol. The second kappa shape index (κ2) is 16.7. The lowest BCUT2D eigenvalue weighted by molar-refractivity contribution is -0.142. The molecule has 1 aromatic heterocycles. The van der Waals surface area contributed by atoms with Crippen molar-refractivity contribution in [2.45, 2.75) is 75.5 Å². The lowest BCUT2D eigenvalue weighted by Gasteiger charge is -2.25. The molecule has 230 valence electrons. The van der Waals surface area contributed by atoms with Crippen LogP contribution in [-0.4, -0.2) is 76.3 Å². The number of carboxylic acids is 1. The molecule has 0 bridgehead atoms. The average Bonchev–Trinajstić information content (AvgIpc) is 3.35. The summed E-state index contributed by atoms with van der Waals surface area (Å²) in [5.41, 5.74) is 23.2. The van der Waals surface area contributed by atoms with Gasteiger partial charge in [-0.05, 0) is 50.3 Å². The minimum atomic E-state index is -1.43. The molecule has 5 amide bonds. The summed E-state index contributed by atoms with van der Waals surface area (Å²) in [6, 6.07) is 2.40. The van der Waals surface area contributed by atoms with Crippen LogP contribution in [0.2, 0.25) is 0 Å². The Labute approximate surface area is 242 Å². The van der Waals surface area contributed by atoms with Gasteiger partial charge >= 0.3 is 5.97 Å². The SMILES string of the molecule is NCCCCC(NC(=O)C(N)CCC(N)=O)C(=O)NC(Cc1c[nH]c2ccccc12)C(=O)NC(CCC(N)=O)C(=O)O. The minimum Gasteiger partial charge on any atom is -0.480 e. The average molecular weight is 589 g/mol. The lowest BCUT2D eigenvalue weighted by Crippen LogP contribution is -2.57. The van der Waals surface area contributed by atoms with Crippen LogP contribution in [0.1, 0.15) is 50.5 Å². The number of fused-ring (bicyclic) bond motifs is 1. The van der Waals surface area contributed by atoms with Crippen LogP contribution in [0.25, 0.3) is 10.9 Å². The number of para-hydroxylation sites is 1. The highest BCUT2D eigenvalue weighted by Gasteiger charge is 2.31. The van der Waals surface area contributed by atoms with E-state index in [2.05, 4.69) is 20.9 Å². The van der Waals surface area contributed by atoms with Crippen molar-refractivity contribution >= 4 is 46.4 Å². The van der Waals surface area contributed by atoms with Crippen molar-refractivity contribution in [3.8, 4) is 0 Å². The predicted octanol–water partition coefficient (Wildman–Crippen LogP) is -1.76. The highest BCUT2D eigenvalue weighted by atomic mass is 16.4. The van der Waals surface area contributed by atoms with E-state index in [0.29, 0.717) is 24.9 Å². The highest BCUT2D eigenvalue weighted by molar-refractivity contribution is 5.95. The Balaban J connectivity index is 2.30. The molecule has 1 aromatic carbocycles. The van der Waals surface area contributed by atoms with Crippen molar-refractivity contribution in [1.82, 2.24) is 20.9 Å². The van der Waals surface area contributed by atoms with E-state index in [9.17, 15) is 33.9 Å². The Morgan fingerprint density at radius 3 is 2.02 bits per heavy atom. The molecule has 2 rings (SSSR count). The number of nitrogens with one attached hydrogen (secondary N) is 4. The van der Waals surface area contributed by atoms with E-state index in [1.54, 1.807) is 6.20 Å². The fraction of sp³-hybridized carbons (Fsp3) is 0.481. The molecule has 0 radical (unpaired) electrons. The van der Waals surface area contributed by atoms with Crippen LogP contribution in [0.5, 0.6) is 0 Å². The van der Waals surface area contributed by atoms with Crippen LogP contribution in [0, 0.1) is 0 Å². The number of hydrogen-bond donors (Lipinski definition) is 9. The molecule has 2 aromatic rings. The van der Waals surface area contributed by atoms with Crippen LogP contribution in [0.15, 0.2) is 30.5 Å². The van der Waals surface area contributed by atoms with E-state index < -0.39 is 59.7 Å². The molecule has 1 heterocycles. The second-order valence-electron chi connectivity index (χ2n) is 9.99. The molecule has 0 fully saturated rings. The smallest absolute Gasteiger partial charge is 0.326 e. The number of rotatable bonds is 19. The summed E-state index contributed by atoms with van der Waals surface area (Å²) >= 11 is 0. The Kier molecular flexibility index (Phi) is 13.4. The van der Waals surface area contributed by atoms with Crippen LogP contribution < -0.4 is 38.9 Å². The number of unbranched alkanes of at least 4 members (excludes halogenated alkanes) is 1. The van der Waals surface area contributed by atoms with Crippen molar-refractivity contribution in [2.24, 2.45) is 22.9 Å². The Bertz CT molecular complexity index is 1260. The molecule has 42 heavy (non-hydrogen) atoms. The van der Waals surface area contributed by atoms with Gasteiger partial charge in [-0.3, -0.25) is 24.0 Å². The molecule has 0 saturated heterocycles. The van der Waals surface area contributed by atoms with E-state index in [-0.39, 0.29) is 38.5 Å². The molecule has 15 nitrogen and oxygen atoms in total. The molecule has 0 aliphatic rings. The highest BCUT2D eigenvalue weighted by Crippen LogP contribution is 2.19. The molecular weight excluding hydrogens is 548 g/mol. The Morgan fingerprint density at radius 1 is 0.786 bits per heavy atom. The summed E-state index contributed by atoms with van der Waals surface area (Å²) in [7, 11) is 0. The van der Waals surface area contributed by atoms with Crippen molar-refractivity contribution in [1.29, 1.82) is 0 Å². The summed E-state index contributed by atoms with van der Waals surface area (Å²) in [5.74, 6) is -4.93. The number of hydrogen-bond acceptors (Lipinski definition) is 8. The lowest BCUT2D eigenvalue weighted by atomic mass is 10.0. The van der Waals surface area contributed by atoms with E-state index in [4.69, 9.17) is 22.9 Å². The number of aromatic nitrogens is 1. The van der Waals surface area contributed by atoms with Gasteiger partial charge in [-0.1, -0.05) is 18.2 Å². The number of amides is 5. The number of primary amides is 2. The fourth-order valence-electron chi connectivity index (χ4n) is 4.29. The van der Waals surface area contributed by atoms with Gasteiger partial charge in [0.15, 0.2) is 0 Å². The largest absolute Gasteiger partial charge is 0.480 e. The zero-order valence-corrected chi connectivity index (χ0v) is 23.3. The maximum absolute atomic E-state index is 13.5. The first kappa shape index (κ1) is 33.7. The van der Waals surface area contributed by atoms with Crippen LogP contribution in [-0.2, 0) is 35.2 Å². The maximum atomic E-state index is 13.5. The number of aromatic amines is 1. The van der Waals surface area contributed by atoms with Gasteiger partial charge in [0.05, 0.1) is 6.04 Å². The molecule has 0 spiro atoms. The third-order valence-electron chi connectivity index (χ3n) is 6.64. The first-order chi connectivity index (χ1) is 19.9. The zero-order valence-electron chi connectivity index (χ0n) is 23.3. The summed E-state index contributed by atoms with van der Waals surface area (Å²) in [6.07, 6.45) is 2.20. The summed E-state index contributed by atoms with van der Waals surface area (Å²) in [4.78, 5) is 76.7. The molecule has 0 aliphatic heterocycles. The standard InChI is InChI=1S/C27H40N8O7/c28-12-4-3-7-19(33-24(38)17(29)8-10-22(30)36)25(39)35-21(13-15-14-32-18-6-2-1-5-16(15)18)26(40)34-20(27(41)42)9-11-23(31)37/h1-2,5-6,14,17,19-21,32H,3-4,7-13,28-29H2,(H2,30,36)(H2,31,37)(H,33,38)(H,34,40)(H,35,39)(H,41,42). The third kappa shape index (κ3) is 10.8. The van der Waals surface area contributed by atoms with Crippen molar-refractivity contribution in [2.75, 3.05) is 6.54 Å². The van der Waals surface area contributed by atoms with Crippen LogP contribution >= 0.6 is 0 Å². The molecule has 13 N–H and O–H groups in total. The molecule has 0 saturated carbocycles. The van der Waals surface area contributed by atoms with Crippen molar-refractivity contribution in [3.05, 3.63) is 36.0 Å². The van der Waals surface area contributed by atoms with E-state index in [0.717, 1.165) is 10.9 Å². The first-order valence-corrected chi connectivity index (χ1v) is 13.6. The minimum absolute atomic E-state index is 0.0220. The normalized spacial score (nSPS) is 13.9. The van der Waals surface area contributed by atoms with Crippen molar-refractivity contribution < 1.29 is 33.9 Å². The van der Waals surface area contributed by atoms with Gasteiger partial charge < -0.3 is 49.0 Å². The molecule has 4 atom stereocenters. The predicted molar refractivity (Wildman–Crippen MR) is 153 cm³/mol. The number of benzene rings is 1. The molecule has 0 aliphatic carbocycles. The second-order valence-corrected chi connectivity index (χ2v) is 9.99. The van der Waals surface area contributed by atoms with Crippen molar-refractivity contribution in [3.63, 3.8) is 0 Å². The zero-order chi connectivity index (χ0) is 31.2. The maximum Gasteiger partial charge on any atom is 0.326 e. The number of aliphatic carboxylic acids is 1. The quantitative estimate of drug-likeness (QED) is 0.0839. The van der Waals surface area contributed by atoms with Gasteiger partial charge in [0, 0.05) is 36.4 Å². The van der Waals surface area contributed by atoms with E-state index in [1.165, 1.54) is 0 Å². The van der Waals surface area contributed by atoms with E-state index in [1.807, 2.05) is 24.3 Å². The van der Waals surface area contributed by atoms with Gasteiger partial charge in [0.1, 0.15) is 18.1 Å². The van der Waals surface area contributed by atoms with Gasteiger partial charge in [-0.2, -0.15) is 0 Å². The molecular formula is C27H40N8O7. The number of carbonyl (C=O) groups excluding carboxylic acids is 5. The third-order valence-corrected chi connectivity index (χ3v) is 6.64. The van der Waals surface area contributed by atoms with Crippen LogP contribution in [0.4, 0.5) is 0 Å². The number of carboxylic acid groups (broad SMARTS) is 1.